The van der Waals surface area contributed by atoms with Crippen LogP contribution in [0.5, 0.6) is 0 Å². The Labute approximate surface area is 90.3 Å². The molecule has 1 N–H and O–H groups in total. The van der Waals surface area contributed by atoms with Gasteiger partial charge in [0.2, 0.25) is 0 Å². The van der Waals surface area contributed by atoms with E-state index in [1.807, 2.05) is 19.1 Å². The third-order valence-corrected chi connectivity index (χ3v) is 2.80. The van der Waals surface area contributed by atoms with Crippen molar-refractivity contribution in [1.29, 1.82) is 5.26 Å². The average Bonchev–Trinajstić information content (AvgIpc) is 2.50. The van der Waals surface area contributed by atoms with Gasteiger partial charge in [-0.05, 0) is 18.6 Å². The first kappa shape index (κ1) is 10.0. The molecule has 3 nitrogen and oxygen atoms in total. The summed E-state index contributed by atoms with van der Waals surface area (Å²) >= 11 is 0. The van der Waals surface area contributed by atoms with Gasteiger partial charge in [0.25, 0.3) is 0 Å². The lowest BCUT2D eigenvalue weighted by atomic mass is 10.1. The second kappa shape index (κ2) is 4.33. The van der Waals surface area contributed by atoms with Gasteiger partial charge in [0, 0.05) is 25.3 Å². The molecule has 0 amide bonds. The maximum absolute atomic E-state index is 8.99. The largest absolute Gasteiger partial charge is 0.354 e. The lowest BCUT2D eigenvalue weighted by molar-refractivity contribution is 0.673. The SMILES string of the molecule is CC(C#N)N1CCNCc2ccccc21. The molecule has 1 aromatic carbocycles. The second-order valence-electron chi connectivity index (χ2n) is 3.80. The Morgan fingerprint density at radius 3 is 3.07 bits per heavy atom. The number of hydrogen-bond acceptors (Lipinski definition) is 3. The van der Waals surface area contributed by atoms with E-state index in [0.717, 1.165) is 19.6 Å². The second-order valence-corrected chi connectivity index (χ2v) is 3.80. The molecule has 0 saturated heterocycles. The van der Waals surface area contributed by atoms with Gasteiger partial charge in [-0.25, -0.2) is 0 Å². The minimum atomic E-state index is -0.0638. The van der Waals surface area contributed by atoms with Gasteiger partial charge in [-0.2, -0.15) is 5.26 Å². The zero-order valence-corrected chi connectivity index (χ0v) is 8.90. The Hall–Kier alpha value is -1.53. The molecule has 0 saturated carbocycles. The lowest BCUT2D eigenvalue weighted by Crippen LogP contribution is -2.35. The van der Waals surface area contributed by atoms with E-state index >= 15 is 0 Å². The van der Waals surface area contributed by atoms with Crippen molar-refractivity contribution in [3.05, 3.63) is 29.8 Å². The molecule has 0 spiro atoms. The highest BCUT2D eigenvalue weighted by molar-refractivity contribution is 5.56. The van der Waals surface area contributed by atoms with Gasteiger partial charge in [-0.3, -0.25) is 0 Å². The summed E-state index contributed by atoms with van der Waals surface area (Å²) in [7, 11) is 0. The van der Waals surface area contributed by atoms with E-state index in [4.69, 9.17) is 5.26 Å². The summed E-state index contributed by atoms with van der Waals surface area (Å²) in [5.74, 6) is 0. The quantitative estimate of drug-likeness (QED) is 0.748. The molecule has 3 heteroatoms. The van der Waals surface area contributed by atoms with Crippen LogP contribution in [0.2, 0.25) is 0 Å². The van der Waals surface area contributed by atoms with Crippen molar-refractivity contribution in [1.82, 2.24) is 5.32 Å². The van der Waals surface area contributed by atoms with Crippen LogP contribution in [0, 0.1) is 11.3 Å². The molecule has 2 rings (SSSR count). The van der Waals surface area contributed by atoms with Crippen LogP contribution < -0.4 is 10.2 Å². The first-order valence-electron chi connectivity index (χ1n) is 5.28. The van der Waals surface area contributed by atoms with Crippen molar-refractivity contribution in [2.24, 2.45) is 0 Å². The monoisotopic (exact) mass is 201 g/mol. The number of hydrogen-bond donors (Lipinski definition) is 1. The minimum Gasteiger partial charge on any atom is -0.354 e. The van der Waals surface area contributed by atoms with Crippen molar-refractivity contribution in [3.8, 4) is 6.07 Å². The molecule has 0 bridgehead atoms. The van der Waals surface area contributed by atoms with Crippen LogP contribution in [0.25, 0.3) is 0 Å². The van der Waals surface area contributed by atoms with Crippen molar-refractivity contribution in [2.45, 2.75) is 19.5 Å². The molecule has 1 aliphatic rings. The molecule has 1 aliphatic heterocycles. The summed E-state index contributed by atoms with van der Waals surface area (Å²) in [6.07, 6.45) is 0. The number of benzene rings is 1. The van der Waals surface area contributed by atoms with Gasteiger partial charge < -0.3 is 10.2 Å². The number of fused-ring (bicyclic) bond motifs is 1. The maximum Gasteiger partial charge on any atom is 0.114 e. The van der Waals surface area contributed by atoms with E-state index in [1.54, 1.807) is 0 Å². The first-order chi connectivity index (χ1) is 7.33. The summed E-state index contributed by atoms with van der Waals surface area (Å²) in [6.45, 7) is 4.67. The fourth-order valence-electron chi connectivity index (χ4n) is 1.96. The van der Waals surface area contributed by atoms with Crippen LogP contribution in [0.3, 0.4) is 0 Å². The van der Waals surface area contributed by atoms with Gasteiger partial charge in [0.05, 0.1) is 6.07 Å². The molecular weight excluding hydrogens is 186 g/mol. The van der Waals surface area contributed by atoms with Crippen molar-refractivity contribution >= 4 is 5.69 Å². The van der Waals surface area contributed by atoms with Gasteiger partial charge >= 0.3 is 0 Å². The fourth-order valence-corrected chi connectivity index (χ4v) is 1.96. The van der Waals surface area contributed by atoms with E-state index in [9.17, 15) is 0 Å². The van der Waals surface area contributed by atoms with Gasteiger partial charge in [0.15, 0.2) is 0 Å². The minimum absolute atomic E-state index is 0.0638. The number of para-hydroxylation sites is 1. The van der Waals surface area contributed by atoms with E-state index in [2.05, 4.69) is 28.4 Å². The van der Waals surface area contributed by atoms with Gasteiger partial charge in [0.1, 0.15) is 6.04 Å². The summed E-state index contributed by atoms with van der Waals surface area (Å²) < 4.78 is 0. The number of rotatable bonds is 1. The predicted octanol–water partition coefficient (Wildman–Crippen LogP) is 1.51. The number of anilines is 1. The van der Waals surface area contributed by atoms with Crippen LogP contribution in [-0.2, 0) is 6.54 Å². The third-order valence-electron chi connectivity index (χ3n) is 2.80. The van der Waals surface area contributed by atoms with E-state index < -0.39 is 0 Å². The first-order valence-corrected chi connectivity index (χ1v) is 5.28. The van der Waals surface area contributed by atoms with Gasteiger partial charge in [-0.15, -0.1) is 0 Å². The Kier molecular flexibility index (Phi) is 2.89. The van der Waals surface area contributed by atoms with E-state index in [0.29, 0.717) is 0 Å². The molecule has 1 heterocycles. The topological polar surface area (TPSA) is 39.1 Å². The zero-order valence-electron chi connectivity index (χ0n) is 8.90. The predicted molar refractivity (Wildman–Crippen MR) is 60.6 cm³/mol. The zero-order chi connectivity index (χ0) is 10.7. The van der Waals surface area contributed by atoms with Crippen molar-refractivity contribution < 1.29 is 0 Å². The molecule has 0 aliphatic carbocycles. The normalized spacial score (nSPS) is 17.5. The smallest absolute Gasteiger partial charge is 0.114 e. The summed E-state index contributed by atoms with van der Waals surface area (Å²) in [4.78, 5) is 2.16. The Morgan fingerprint density at radius 1 is 1.47 bits per heavy atom. The van der Waals surface area contributed by atoms with Crippen LogP contribution in [0.1, 0.15) is 12.5 Å². The molecule has 78 valence electrons. The van der Waals surface area contributed by atoms with Gasteiger partial charge in [-0.1, -0.05) is 18.2 Å². The molecular formula is C12H15N3. The molecule has 1 unspecified atom stereocenters. The van der Waals surface area contributed by atoms with Crippen LogP contribution in [0.15, 0.2) is 24.3 Å². The molecule has 15 heavy (non-hydrogen) atoms. The Balaban J connectivity index is 2.38. The molecule has 1 aromatic rings. The van der Waals surface area contributed by atoms with Crippen LogP contribution in [-0.4, -0.2) is 19.1 Å². The Morgan fingerprint density at radius 2 is 2.27 bits per heavy atom. The summed E-state index contributed by atoms with van der Waals surface area (Å²) in [6, 6.07) is 10.5. The molecule has 0 radical (unpaired) electrons. The van der Waals surface area contributed by atoms with E-state index in [-0.39, 0.29) is 6.04 Å². The van der Waals surface area contributed by atoms with Crippen molar-refractivity contribution in [3.63, 3.8) is 0 Å². The average molecular weight is 201 g/mol. The number of nitrogens with zero attached hydrogens (tertiary/aromatic N) is 2. The number of nitriles is 1. The highest BCUT2D eigenvalue weighted by atomic mass is 15.2. The summed E-state index contributed by atoms with van der Waals surface area (Å²) in [5, 5.41) is 12.4. The lowest BCUT2D eigenvalue weighted by Gasteiger charge is -2.26. The summed E-state index contributed by atoms with van der Waals surface area (Å²) in [5.41, 5.74) is 2.47. The molecule has 0 fully saturated rings. The maximum atomic E-state index is 8.99. The van der Waals surface area contributed by atoms with E-state index in [1.165, 1.54) is 11.3 Å². The Bertz CT molecular complexity index is 381. The van der Waals surface area contributed by atoms with Crippen LogP contribution in [0.4, 0.5) is 5.69 Å². The van der Waals surface area contributed by atoms with Crippen molar-refractivity contribution in [2.75, 3.05) is 18.0 Å². The number of nitrogens with one attached hydrogen (secondary N) is 1. The molecule has 1 atom stereocenters. The molecule has 0 aromatic heterocycles. The van der Waals surface area contributed by atoms with Crippen LogP contribution >= 0.6 is 0 Å². The highest BCUT2D eigenvalue weighted by Crippen LogP contribution is 2.23. The fraction of sp³-hybridized carbons (Fsp3) is 0.417. The third kappa shape index (κ3) is 1.95. The standard InChI is InChI=1S/C12H15N3/c1-10(8-13)15-7-6-14-9-11-4-2-3-5-12(11)15/h2-5,10,14H,6-7,9H2,1H3. The highest BCUT2D eigenvalue weighted by Gasteiger charge is 2.18.